The molecule has 0 saturated heterocycles. The fraction of sp³-hybridized carbons (Fsp3) is 0.139. The zero-order chi connectivity index (χ0) is 29.9. The van der Waals surface area contributed by atoms with Crippen molar-refractivity contribution >= 4 is 44.8 Å². The number of halogens is 2. The highest BCUT2D eigenvalue weighted by Gasteiger charge is 2.40. The van der Waals surface area contributed by atoms with Gasteiger partial charge < -0.3 is 14.4 Å². The summed E-state index contributed by atoms with van der Waals surface area (Å²) in [6.45, 7) is 2.90. The van der Waals surface area contributed by atoms with Gasteiger partial charge in [0, 0.05) is 28.4 Å². The minimum atomic E-state index is -0.479. The van der Waals surface area contributed by atoms with Gasteiger partial charge in [0.2, 0.25) is 0 Å². The smallest absolute Gasteiger partial charge is 0.262 e. The Bertz CT molecular complexity index is 1760. The van der Waals surface area contributed by atoms with Gasteiger partial charge in [0.1, 0.15) is 12.8 Å². The lowest BCUT2D eigenvalue weighted by molar-refractivity contribution is 0.0968. The Balaban J connectivity index is 1.49. The van der Waals surface area contributed by atoms with Gasteiger partial charge in [0.15, 0.2) is 11.5 Å². The van der Waals surface area contributed by atoms with Gasteiger partial charge in [-0.1, -0.05) is 90.0 Å². The van der Waals surface area contributed by atoms with E-state index in [1.165, 1.54) is 0 Å². The number of carbonyl (C=O) groups is 1. The van der Waals surface area contributed by atoms with E-state index in [1.54, 1.807) is 7.11 Å². The van der Waals surface area contributed by atoms with Crippen molar-refractivity contribution in [2.75, 3.05) is 16.9 Å². The molecule has 43 heavy (non-hydrogen) atoms. The van der Waals surface area contributed by atoms with Crippen LogP contribution in [0.2, 0.25) is 5.02 Å². The van der Waals surface area contributed by atoms with Gasteiger partial charge in [-0.25, -0.2) is 0 Å². The number of nitrogens with zero attached hydrogens (tertiary/aromatic N) is 2. The monoisotopic (exact) mass is 652 g/mol. The van der Waals surface area contributed by atoms with Crippen LogP contribution in [0.4, 0.5) is 11.4 Å². The van der Waals surface area contributed by atoms with Crippen LogP contribution in [0, 0.1) is 6.92 Å². The first kappa shape index (κ1) is 28.8. The van der Waals surface area contributed by atoms with Crippen LogP contribution in [0.25, 0.3) is 0 Å². The second kappa shape index (κ2) is 12.5. The van der Waals surface area contributed by atoms with Crippen molar-refractivity contribution in [1.82, 2.24) is 0 Å². The number of aryl methyl sites for hydroxylation is 1. The molecule has 5 nitrogen and oxygen atoms in total. The van der Waals surface area contributed by atoms with E-state index in [2.05, 4.69) is 33.0 Å². The summed E-state index contributed by atoms with van der Waals surface area (Å²) in [5, 5.41) is 0.638. The van der Waals surface area contributed by atoms with Crippen molar-refractivity contribution < 1.29 is 14.3 Å². The predicted octanol–water partition coefficient (Wildman–Crippen LogP) is 9.36. The number of anilines is 2. The van der Waals surface area contributed by atoms with Crippen LogP contribution in [-0.2, 0) is 13.2 Å². The van der Waals surface area contributed by atoms with Crippen molar-refractivity contribution in [2.24, 2.45) is 0 Å². The molecule has 0 fully saturated rings. The van der Waals surface area contributed by atoms with Gasteiger partial charge in [-0.2, -0.15) is 0 Å². The quantitative estimate of drug-likeness (QED) is 0.167. The van der Waals surface area contributed by atoms with E-state index < -0.39 is 6.17 Å². The summed E-state index contributed by atoms with van der Waals surface area (Å²) in [4.78, 5) is 18.4. The molecule has 1 heterocycles. The summed E-state index contributed by atoms with van der Waals surface area (Å²) in [6.07, 6.45) is -0.479. The van der Waals surface area contributed by atoms with E-state index in [4.69, 9.17) is 21.1 Å². The van der Waals surface area contributed by atoms with Gasteiger partial charge in [-0.05, 0) is 70.9 Å². The summed E-state index contributed by atoms with van der Waals surface area (Å²) in [6, 6.07) is 37.7. The van der Waals surface area contributed by atoms with Crippen molar-refractivity contribution in [1.29, 1.82) is 0 Å². The molecule has 7 heteroatoms. The maximum atomic E-state index is 14.3. The minimum absolute atomic E-state index is 0.0668. The molecule has 0 N–H and O–H groups in total. The number of fused-ring (bicyclic) bond motifs is 1. The number of rotatable bonds is 8. The third kappa shape index (κ3) is 5.85. The van der Waals surface area contributed by atoms with Crippen LogP contribution in [0.5, 0.6) is 11.5 Å². The molecule has 6 rings (SSSR count). The maximum Gasteiger partial charge on any atom is 0.262 e. The van der Waals surface area contributed by atoms with E-state index in [0.29, 0.717) is 33.1 Å². The normalized spacial score (nSPS) is 14.4. The lowest BCUT2D eigenvalue weighted by atomic mass is 9.98. The number of carbonyl (C=O) groups excluding carboxylic acids is 1. The Kier molecular flexibility index (Phi) is 8.41. The number of para-hydroxylation sites is 1. The Hall–Kier alpha value is -4.26. The molecule has 5 aromatic carbocycles. The molecule has 0 radical (unpaired) electrons. The number of methoxy groups -OCH3 is 1. The molecule has 0 aliphatic carbocycles. The molecule has 5 aromatic rings. The van der Waals surface area contributed by atoms with Crippen LogP contribution in [0.1, 0.15) is 38.8 Å². The minimum Gasteiger partial charge on any atom is -0.493 e. The largest absolute Gasteiger partial charge is 0.493 e. The summed E-state index contributed by atoms with van der Waals surface area (Å²) in [5.74, 6) is 1.04. The van der Waals surface area contributed by atoms with E-state index in [1.807, 2.05) is 115 Å². The van der Waals surface area contributed by atoms with Crippen LogP contribution < -0.4 is 19.3 Å². The molecule has 0 spiro atoms. The molecule has 1 amide bonds. The lowest BCUT2D eigenvalue weighted by Crippen LogP contribution is -2.49. The van der Waals surface area contributed by atoms with Gasteiger partial charge in [0.25, 0.3) is 5.91 Å². The molecule has 1 aliphatic rings. The molecule has 216 valence electrons. The summed E-state index contributed by atoms with van der Waals surface area (Å²) < 4.78 is 12.8. The summed E-state index contributed by atoms with van der Waals surface area (Å²) in [5.41, 5.74) is 6.33. The number of benzene rings is 5. The topological polar surface area (TPSA) is 42.0 Å². The van der Waals surface area contributed by atoms with Crippen LogP contribution in [-0.4, -0.2) is 13.0 Å². The van der Waals surface area contributed by atoms with Crippen LogP contribution in [0.15, 0.2) is 120 Å². The number of amides is 1. The second-order valence-corrected chi connectivity index (χ2v) is 11.7. The first-order valence-corrected chi connectivity index (χ1v) is 15.1. The molecule has 1 aliphatic heterocycles. The first-order chi connectivity index (χ1) is 20.9. The zero-order valence-corrected chi connectivity index (χ0v) is 26.2. The van der Waals surface area contributed by atoms with Crippen LogP contribution >= 0.6 is 27.5 Å². The SMILES string of the molecule is COc1cc([C@H]2N(Cc3ccccc3)c3ccccc3C(=O)N2c2ccc(C)cc2)cc(Br)c1OCc1ccccc1Cl. The first-order valence-electron chi connectivity index (χ1n) is 14.0. The summed E-state index contributed by atoms with van der Waals surface area (Å²) in [7, 11) is 1.62. The van der Waals surface area contributed by atoms with E-state index >= 15 is 0 Å². The van der Waals surface area contributed by atoms with Gasteiger partial charge >= 0.3 is 0 Å². The average molecular weight is 654 g/mol. The second-order valence-electron chi connectivity index (χ2n) is 10.4. The molecular weight excluding hydrogens is 624 g/mol. The van der Waals surface area contributed by atoms with Crippen molar-refractivity contribution in [3.8, 4) is 11.5 Å². The average Bonchev–Trinajstić information content (AvgIpc) is 3.03. The van der Waals surface area contributed by atoms with E-state index in [0.717, 1.165) is 33.6 Å². The Morgan fingerprint density at radius 1 is 0.860 bits per heavy atom. The fourth-order valence-corrected chi connectivity index (χ4v) is 6.22. The number of ether oxygens (including phenoxy) is 2. The maximum absolute atomic E-state index is 14.3. The number of hydrogen-bond donors (Lipinski definition) is 0. The third-order valence-electron chi connectivity index (χ3n) is 7.59. The molecule has 0 aromatic heterocycles. The molecule has 1 atom stereocenters. The highest BCUT2D eigenvalue weighted by Crippen LogP contribution is 2.46. The van der Waals surface area contributed by atoms with Gasteiger partial charge in [0.05, 0.1) is 22.8 Å². The van der Waals surface area contributed by atoms with Crippen molar-refractivity contribution in [3.05, 3.63) is 153 Å². The Labute approximate surface area is 265 Å². The van der Waals surface area contributed by atoms with Crippen molar-refractivity contribution in [3.63, 3.8) is 0 Å². The fourth-order valence-electron chi connectivity index (χ4n) is 5.46. The molecular formula is C36H30BrClN2O3. The van der Waals surface area contributed by atoms with Gasteiger partial charge in [-0.15, -0.1) is 0 Å². The molecule has 0 saturated carbocycles. The highest BCUT2D eigenvalue weighted by molar-refractivity contribution is 9.10. The zero-order valence-electron chi connectivity index (χ0n) is 23.8. The van der Waals surface area contributed by atoms with Gasteiger partial charge in [-0.3, -0.25) is 9.69 Å². The van der Waals surface area contributed by atoms with E-state index in [9.17, 15) is 4.79 Å². The highest BCUT2D eigenvalue weighted by atomic mass is 79.9. The summed E-state index contributed by atoms with van der Waals surface area (Å²) >= 11 is 10.1. The Morgan fingerprint density at radius 3 is 2.30 bits per heavy atom. The molecule has 0 unspecified atom stereocenters. The number of hydrogen-bond acceptors (Lipinski definition) is 4. The van der Waals surface area contributed by atoms with E-state index in [-0.39, 0.29) is 12.5 Å². The molecule has 0 bridgehead atoms. The standard InChI is InChI=1S/C36H30BrClN2O3/c1-24-16-18-28(19-17-24)40-35(39(22-25-10-4-3-5-11-25)32-15-9-7-13-29(32)36(40)41)27-20-30(37)34(33(21-27)42-2)43-23-26-12-6-8-14-31(26)38/h3-21,35H,22-23H2,1-2H3/t35-/m0/s1. The Morgan fingerprint density at radius 2 is 1.56 bits per heavy atom. The third-order valence-corrected chi connectivity index (χ3v) is 8.55. The van der Waals surface area contributed by atoms with Crippen molar-refractivity contribution in [2.45, 2.75) is 26.2 Å². The predicted molar refractivity (Wildman–Crippen MR) is 176 cm³/mol. The lowest BCUT2D eigenvalue weighted by Gasteiger charge is -2.46. The van der Waals surface area contributed by atoms with Crippen LogP contribution in [0.3, 0.4) is 0 Å².